The van der Waals surface area contributed by atoms with Crippen LogP contribution in [0, 0.1) is 5.92 Å². The lowest BCUT2D eigenvalue weighted by atomic mass is 9.70. The molecule has 2 aromatic carbocycles. The number of fused-ring (bicyclic) bond motifs is 4. The van der Waals surface area contributed by atoms with Crippen molar-refractivity contribution in [3.63, 3.8) is 0 Å². The van der Waals surface area contributed by atoms with Crippen LogP contribution in [-0.4, -0.2) is 43.2 Å². The molecule has 3 aliphatic heterocycles. The van der Waals surface area contributed by atoms with Gasteiger partial charge in [-0.15, -0.1) is 0 Å². The van der Waals surface area contributed by atoms with Crippen LogP contribution in [0.4, 0.5) is 0 Å². The number of carbonyl (C=O) groups is 1. The van der Waals surface area contributed by atoms with Crippen LogP contribution in [0.5, 0.6) is 11.5 Å². The van der Waals surface area contributed by atoms with Crippen LogP contribution < -0.4 is 9.47 Å². The molecule has 0 bridgehead atoms. The maximum Gasteiger partial charge on any atom is 0.253 e. The second kappa shape index (κ2) is 7.78. The van der Waals surface area contributed by atoms with E-state index in [-0.39, 0.29) is 23.5 Å². The van der Waals surface area contributed by atoms with Crippen LogP contribution in [0.2, 0.25) is 5.02 Å². The molecule has 3 heterocycles. The van der Waals surface area contributed by atoms with Gasteiger partial charge in [0.15, 0.2) is 0 Å². The van der Waals surface area contributed by atoms with E-state index in [0.29, 0.717) is 29.4 Å². The average Bonchev–Trinajstić information content (AvgIpc) is 2.80. The van der Waals surface area contributed by atoms with Gasteiger partial charge < -0.3 is 19.1 Å². The van der Waals surface area contributed by atoms with E-state index < -0.39 is 0 Å². The molecule has 5 rings (SSSR count). The first-order chi connectivity index (χ1) is 14.6. The fourth-order valence-corrected chi connectivity index (χ4v) is 5.44. The molecule has 2 atom stereocenters. The first-order valence-corrected chi connectivity index (χ1v) is 11.0. The number of benzene rings is 2. The molecular weight excluding hydrogens is 402 g/mol. The summed E-state index contributed by atoms with van der Waals surface area (Å²) in [5, 5.41) is 0.708. The van der Waals surface area contributed by atoms with Crippen LogP contribution in [0.15, 0.2) is 42.5 Å². The first kappa shape index (κ1) is 19.7. The quantitative estimate of drug-likeness (QED) is 0.685. The highest BCUT2D eigenvalue weighted by atomic mass is 35.5. The van der Waals surface area contributed by atoms with Crippen LogP contribution in [0.25, 0.3) is 0 Å². The predicted molar refractivity (Wildman–Crippen MR) is 114 cm³/mol. The van der Waals surface area contributed by atoms with E-state index in [9.17, 15) is 4.79 Å². The Kier molecular flexibility index (Phi) is 5.11. The number of ether oxygens (including phenoxy) is 3. The Balaban J connectivity index is 1.38. The van der Waals surface area contributed by atoms with Gasteiger partial charge in [0.1, 0.15) is 17.1 Å². The number of piperidine rings is 1. The molecule has 5 nitrogen and oxygen atoms in total. The number of rotatable bonds is 2. The Morgan fingerprint density at radius 3 is 2.83 bits per heavy atom. The van der Waals surface area contributed by atoms with Crippen molar-refractivity contribution in [1.29, 1.82) is 0 Å². The van der Waals surface area contributed by atoms with E-state index in [1.54, 1.807) is 13.2 Å². The lowest BCUT2D eigenvalue weighted by Crippen LogP contribution is -2.57. The molecule has 6 heteroatoms. The zero-order valence-electron chi connectivity index (χ0n) is 17.1. The monoisotopic (exact) mass is 427 g/mol. The van der Waals surface area contributed by atoms with Crippen molar-refractivity contribution in [1.82, 2.24) is 4.90 Å². The summed E-state index contributed by atoms with van der Waals surface area (Å²) in [6.45, 7) is 2.11. The van der Waals surface area contributed by atoms with E-state index in [1.165, 1.54) is 0 Å². The normalized spacial score (nSPS) is 24.5. The van der Waals surface area contributed by atoms with Crippen molar-refractivity contribution in [3.8, 4) is 11.5 Å². The zero-order chi connectivity index (χ0) is 20.7. The second-order valence-electron chi connectivity index (χ2n) is 8.41. The lowest BCUT2D eigenvalue weighted by Gasteiger charge is -2.53. The Hall–Kier alpha value is -2.24. The molecule has 0 unspecified atom stereocenters. The molecular formula is C24H26ClNO4. The van der Waals surface area contributed by atoms with Gasteiger partial charge in [0.2, 0.25) is 0 Å². The van der Waals surface area contributed by atoms with Gasteiger partial charge >= 0.3 is 0 Å². The molecule has 158 valence electrons. The molecule has 0 saturated carbocycles. The number of carbonyl (C=O) groups excluding carboxylic acids is 1. The standard InChI is InChI=1S/C24H26ClNO4/c1-28-18-5-2-4-16(14-18)23(27)26-11-9-24(10-12-26)20-6-3-13-29-22(20)19-15-17(25)7-8-21(19)30-24/h2,4-5,7-8,14-15,20,22H,3,6,9-13H2,1H3/t20-,22+/m0/s1. The van der Waals surface area contributed by atoms with Crippen molar-refractivity contribution in [2.24, 2.45) is 5.92 Å². The fourth-order valence-electron chi connectivity index (χ4n) is 5.26. The molecule has 0 aliphatic carbocycles. The molecule has 30 heavy (non-hydrogen) atoms. The number of hydrogen-bond acceptors (Lipinski definition) is 4. The lowest BCUT2D eigenvalue weighted by molar-refractivity contribution is -0.147. The van der Waals surface area contributed by atoms with E-state index in [1.807, 2.05) is 41.3 Å². The fraction of sp³-hybridized carbons (Fsp3) is 0.458. The Labute approximate surface area is 181 Å². The minimum Gasteiger partial charge on any atom is -0.497 e. The molecule has 2 fully saturated rings. The summed E-state index contributed by atoms with van der Waals surface area (Å²) < 4.78 is 18.2. The van der Waals surface area contributed by atoms with E-state index in [4.69, 9.17) is 25.8 Å². The summed E-state index contributed by atoms with van der Waals surface area (Å²) in [5.41, 5.74) is 1.43. The predicted octanol–water partition coefficient (Wildman–Crippen LogP) is 4.88. The summed E-state index contributed by atoms with van der Waals surface area (Å²) in [6.07, 6.45) is 3.72. The molecule has 0 radical (unpaired) electrons. The van der Waals surface area contributed by atoms with Crippen molar-refractivity contribution in [2.75, 3.05) is 26.8 Å². The molecule has 2 aromatic rings. The van der Waals surface area contributed by atoms with Crippen LogP contribution >= 0.6 is 11.6 Å². The second-order valence-corrected chi connectivity index (χ2v) is 8.85. The number of hydrogen-bond donors (Lipinski definition) is 0. The Morgan fingerprint density at radius 2 is 2.03 bits per heavy atom. The SMILES string of the molecule is COc1cccc(C(=O)N2CCC3(CC2)Oc2ccc(Cl)cc2[C@H]2OCCC[C@@H]23)c1. The van der Waals surface area contributed by atoms with Crippen LogP contribution in [0.1, 0.15) is 47.7 Å². The third-order valence-corrected chi connectivity index (χ3v) is 7.04. The number of halogens is 1. The van der Waals surface area contributed by atoms with Gasteiger partial charge in [-0.3, -0.25) is 4.79 Å². The van der Waals surface area contributed by atoms with Crippen molar-refractivity contribution in [3.05, 3.63) is 58.6 Å². The summed E-state index contributed by atoms with van der Waals surface area (Å²) >= 11 is 6.25. The van der Waals surface area contributed by atoms with Gasteiger partial charge in [0.25, 0.3) is 5.91 Å². The summed E-state index contributed by atoms with van der Waals surface area (Å²) in [7, 11) is 1.61. The number of methoxy groups -OCH3 is 1. The highest BCUT2D eigenvalue weighted by Gasteiger charge is 2.52. The van der Waals surface area contributed by atoms with Gasteiger partial charge in [-0.2, -0.15) is 0 Å². The molecule has 1 spiro atoms. The Morgan fingerprint density at radius 1 is 1.20 bits per heavy atom. The molecule has 1 amide bonds. The average molecular weight is 428 g/mol. The summed E-state index contributed by atoms with van der Waals surface area (Å²) in [5.74, 6) is 1.90. The number of nitrogens with zero attached hydrogens (tertiary/aromatic N) is 1. The molecule has 0 aromatic heterocycles. The molecule has 2 saturated heterocycles. The van der Waals surface area contributed by atoms with Crippen LogP contribution in [-0.2, 0) is 4.74 Å². The first-order valence-electron chi connectivity index (χ1n) is 10.6. The van der Waals surface area contributed by atoms with Gasteiger partial charge in [-0.25, -0.2) is 0 Å². The third-order valence-electron chi connectivity index (χ3n) is 6.80. The minimum atomic E-state index is -0.295. The maximum atomic E-state index is 13.0. The summed E-state index contributed by atoms with van der Waals surface area (Å²) in [6, 6.07) is 13.2. The van der Waals surface area contributed by atoms with Crippen molar-refractivity contribution < 1.29 is 19.0 Å². The molecule has 0 N–H and O–H groups in total. The molecule has 3 aliphatic rings. The third kappa shape index (κ3) is 3.34. The van der Waals surface area contributed by atoms with Gasteiger partial charge in [0, 0.05) is 54.6 Å². The van der Waals surface area contributed by atoms with E-state index in [2.05, 4.69) is 0 Å². The number of likely N-dealkylation sites (tertiary alicyclic amines) is 1. The highest BCUT2D eigenvalue weighted by molar-refractivity contribution is 6.30. The topological polar surface area (TPSA) is 48.0 Å². The zero-order valence-corrected chi connectivity index (χ0v) is 17.9. The minimum absolute atomic E-state index is 0.0156. The van der Waals surface area contributed by atoms with Crippen molar-refractivity contribution >= 4 is 17.5 Å². The van der Waals surface area contributed by atoms with Gasteiger partial charge in [-0.05, 0) is 49.2 Å². The Bertz CT molecular complexity index is 954. The van der Waals surface area contributed by atoms with Crippen molar-refractivity contribution in [2.45, 2.75) is 37.4 Å². The van der Waals surface area contributed by atoms with Gasteiger partial charge in [0.05, 0.1) is 13.2 Å². The van der Waals surface area contributed by atoms with Gasteiger partial charge in [-0.1, -0.05) is 17.7 Å². The smallest absolute Gasteiger partial charge is 0.253 e. The summed E-state index contributed by atoms with van der Waals surface area (Å²) in [4.78, 5) is 15.0. The highest BCUT2D eigenvalue weighted by Crippen LogP contribution is 2.53. The van der Waals surface area contributed by atoms with E-state index in [0.717, 1.165) is 43.6 Å². The maximum absolute atomic E-state index is 13.0. The largest absolute Gasteiger partial charge is 0.497 e. The van der Waals surface area contributed by atoms with Crippen LogP contribution in [0.3, 0.4) is 0 Å². The van der Waals surface area contributed by atoms with E-state index >= 15 is 0 Å². The number of amides is 1.